The van der Waals surface area contributed by atoms with Crippen LogP contribution in [0.15, 0.2) is 23.5 Å². The highest BCUT2D eigenvalue weighted by molar-refractivity contribution is 5.88. The van der Waals surface area contributed by atoms with E-state index in [0.29, 0.717) is 24.5 Å². The van der Waals surface area contributed by atoms with Gasteiger partial charge in [-0.2, -0.15) is 0 Å². The van der Waals surface area contributed by atoms with Gasteiger partial charge < -0.3 is 10.2 Å². The van der Waals surface area contributed by atoms with Gasteiger partial charge in [0, 0.05) is 30.1 Å². The maximum absolute atomic E-state index is 13.3. The van der Waals surface area contributed by atoms with Gasteiger partial charge in [0.25, 0.3) is 0 Å². The molecule has 0 spiro atoms. The SMILES string of the molecule is C[C@]12CC(=O)[C@H]3[C@@H](CC=C4C=C(O)CC[C@@]43C)[C@@H]1CC[C@@H]2C(=O)CO. The Morgan fingerprint density at radius 2 is 2.08 bits per heavy atom. The minimum atomic E-state index is -0.416. The fourth-order valence-electron chi connectivity index (χ4n) is 6.78. The van der Waals surface area contributed by atoms with Crippen molar-refractivity contribution < 1.29 is 19.8 Å². The fraction of sp³-hybridized carbons (Fsp3) is 0.714. The number of carbonyl (C=O) groups excluding carboxylic acids is 2. The van der Waals surface area contributed by atoms with Crippen LogP contribution in [0.5, 0.6) is 0 Å². The monoisotopic (exact) mass is 344 g/mol. The third-order valence-electron chi connectivity index (χ3n) is 7.98. The van der Waals surface area contributed by atoms with Crippen LogP contribution in [-0.2, 0) is 9.59 Å². The van der Waals surface area contributed by atoms with Crippen LogP contribution in [0.2, 0.25) is 0 Å². The summed E-state index contributed by atoms with van der Waals surface area (Å²) in [6.45, 7) is 3.87. The lowest BCUT2D eigenvalue weighted by Crippen LogP contribution is -2.54. The molecule has 4 nitrogen and oxygen atoms in total. The third-order valence-corrected chi connectivity index (χ3v) is 7.98. The summed E-state index contributed by atoms with van der Waals surface area (Å²) in [5.41, 5.74) is 0.634. The van der Waals surface area contributed by atoms with Gasteiger partial charge in [-0.3, -0.25) is 9.59 Å². The lowest BCUT2D eigenvalue weighted by molar-refractivity contribution is -0.146. The maximum atomic E-state index is 13.3. The molecule has 0 amide bonds. The molecule has 0 aromatic heterocycles. The first kappa shape index (κ1) is 17.0. The Morgan fingerprint density at radius 3 is 2.80 bits per heavy atom. The van der Waals surface area contributed by atoms with Gasteiger partial charge in [-0.25, -0.2) is 0 Å². The highest BCUT2D eigenvalue weighted by Gasteiger charge is 2.62. The van der Waals surface area contributed by atoms with Crippen LogP contribution >= 0.6 is 0 Å². The third kappa shape index (κ3) is 2.22. The first-order chi connectivity index (χ1) is 11.8. The van der Waals surface area contributed by atoms with Crippen LogP contribution in [0.1, 0.15) is 52.4 Å². The molecular formula is C21H28O4. The smallest absolute Gasteiger partial charge is 0.161 e. The summed E-state index contributed by atoms with van der Waals surface area (Å²) >= 11 is 0. The Morgan fingerprint density at radius 1 is 1.32 bits per heavy atom. The zero-order valence-corrected chi connectivity index (χ0v) is 15.1. The topological polar surface area (TPSA) is 74.6 Å². The van der Waals surface area contributed by atoms with E-state index in [2.05, 4.69) is 19.9 Å². The molecule has 0 heterocycles. The average Bonchev–Trinajstić information content (AvgIpc) is 2.91. The molecule has 4 aliphatic rings. The lowest BCUT2D eigenvalue weighted by Gasteiger charge is -2.55. The van der Waals surface area contributed by atoms with Crippen molar-refractivity contribution in [3.63, 3.8) is 0 Å². The molecule has 136 valence electrons. The second-order valence-corrected chi connectivity index (χ2v) is 9.10. The van der Waals surface area contributed by atoms with E-state index in [1.807, 2.05) is 6.08 Å². The number of ketones is 2. The molecule has 0 unspecified atom stereocenters. The molecule has 2 saturated carbocycles. The van der Waals surface area contributed by atoms with Crippen LogP contribution in [-0.4, -0.2) is 28.4 Å². The van der Waals surface area contributed by atoms with Crippen molar-refractivity contribution in [1.82, 2.24) is 0 Å². The molecule has 0 saturated heterocycles. The number of aliphatic hydroxyl groups is 2. The molecule has 0 aromatic rings. The van der Waals surface area contributed by atoms with E-state index in [4.69, 9.17) is 0 Å². The molecule has 0 radical (unpaired) electrons. The molecule has 4 aliphatic carbocycles. The zero-order chi connectivity index (χ0) is 18.0. The normalized spacial score (nSPS) is 45.8. The van der Waals surface area contributed by atoms with Crippen molar-refractivity contribution in [2.24, 2.45) is 34.5 Å². The first-order valence-electron chi connectivity index (χ1n) is 9.57. The predicted molar refractivity (Wildman–Crippen MR) is 93.8 cm³/mol. The Hall–Kier alpha value is -1.42. The number of rotatable bonds is 2. The Bertz CT molecular complexity index is 690. The van der Waals surface area contributed by atoms with Gasteiger partial charge in [0.15, 0.2) is 5.78 Å². The van der Waals surface area contributed by atoms with Crippen LogP contribution in [0.3, 0.4) is 0 Å². The summed E-state index contributed by atoms with van der Waals surface area (Å²) < 4.78 is 0. The lowest BCUT2D eigenvalue weighted by atomic mass is 9.47. The zero-order valence-electron chi connectivity index (χ0n) is 15.1. The molecule has 2 fully saturated rings. The van der Waals surface area contributed by atoms with Gasteiger partial charge >= 0.3 is 0 Å². The Labute approximate surface area is 149 Å². The summed E-state index contributed by atoms with van der Waals surface area (Å²) in [4.78, 5) is 25.5. The quantitative estimate of drug-likeness (QED) is 0.805. The first-order valence-corrected chi connectivity index (χ1v) is 9.57. The molecule has 0 bridgehead atoms. The Balaban J connectivity index is 1.73. The number of hydrogen-bond acceptors (Lipinski definition) is 4. The van der Waals surface area contributed by atoms with E-state index in [1.165, 1.54) is 0 Å². The summed E-state index contributed by atoms with van der Waals surface area (Å²) in [5.74, 6) is 1.07. The minimum Gasteiger partial charge on any atom is -0.512 e. The van der Waals surface area contributed by atoms with Crippen molar-refractivity contribution >= 4 is 11.6 Å². The molecule has 6 atom stereocenters. The van der Waals surface area contributed by atoms with Crippen LogP contribution in [0.4, 0.5) is 0 Å². The van der Waals surface area contributed by atoms with Gasteiger partial charge in [0.1, 0.15) is 12.4 Å². The summed E-state index contributed by atoms with van der Waals surface area (Å²) in [7, 11) is 0. The second kappa shape index (κ2) is 5.54. The van der Waals surface area contributed by atoms with Gasteiger partial charge in [-0.05, 0) is 54.6 Å². The van der Waals surface area contributed by atoms with Crippen LogP contribution in [0, 0.1) is 34.5 Å². The highest BCUT2D eigenvalue weighted by atomic mass is 16.3. The molecule has 2 N–H and O–H groups in total. The summed E-state index contributed by atoms with van der Waals surface area (Å²) in [6, 6.07) is 0. The highest BCUT2D eigenvalue weighted by Crippen LogP contribution is 2.64. The predicted octanol–water partition coefficient (Wildman–Crippen LogP) is 3.36. The number of Topliss-reactive ketones (excluding diaryl/α,β-unsaturated/α-hetero) is 2. The Kier molecular flexibility index (Phi) is 3.77. The van der Waals surface area contributed by atoms with Crippen molar-refractivity contribution in [3.8, 4) is 0 Å². The minimum absolute atomic E-state index is 0.00194. The number of aliphatic hydroxyl groups excluding tert-OH is 2. The van der Waals surface area contributed by atoms with Crippen molar-refractivity contribution in [3.05, 3.63) is 23.5 Å². The summed E-state index contributed by atoms with van der Waals surface area (Å²) in [6.07, 6.45) is 8.62. The fourth-order valence-corrected chi connectivity index (χ4v) is 6.78. The number of hydrogen-bond donors (Lipinski definition) is 2. The van der Waals surface area contributed by atoms with Gasteiger partial charge in [0.2, 0.25) is 0 Å². The molecule has 4 rings (SSSR count). The summed E-state index contributed by atoms with van der Waals surface area (Å²) in [5, 5.41) is 19.3. The standard InChI is InChI=1S/C21H28O4/c1-20-8-7-13(23)9-12(20)3-4-14-15-5-6-16(18(25)11-22)21(15,2)10-17(24)19(14)20/h3,9,14-16,19,22-23H,4-8,10-11H2,1-2H3/t14-,15-,16+,19+,20-,21-/m0/s1. The van der Waals surface area contributed by atoms with E-state index in [-0.39, 0.29) is 40.2 Å². The van der Waals surface area contributed by atoms with Crippen molar-refractivity contribution in [2.75, 3.05) is 6.61 Å². The van der Waals surface area contributed by atoms with Gasteiger partial charge in [0.05, 0.1) is 5.76 Å². The van der Waals surface area contributed by atoms with E-state index >= 15 is 0 Å². The number of fused-ring (bicyclic) bond motifs is 5. The second-order valence-electron chi connectivity index (χ2n) is 9.10. The maximum Gasteiger partial charge on any atom is 0.161 e. The van der Waals surface area contributed by atoms with Crippen LogP contribution in [0.25, 0.3) is 0 Å². The van der Waals surface area contributed by atoms with Crippen molar-refractivity contribution in [2.45, 2.75) is 52.4 Å². The number of carbonyl (C=O) groups is 2. The van der Waals surface area contributed by atoms with E-state index < -0.39 is 6.61 Å². The van der Waals surface area contributed by atoms with Crippen LogP contribution < -0.4 is 0 Å². The van der Waals surface area contributed by atoms with E-state index in [0.717, 1.165) is 31.3 Å². The molecule has 4 heteroatoms. The van der Waals surface area contributed by atoms with Gasteiger partial charge in [-0.1, -0.05) is 19.9 Å². The average molecular weight is 344 g/mol. The van der Waals surface area contributed by atoms with E-state index in [9.17, 15) is 19.8 Å². The molecule has 0 aliphatic heterocycles. The molecule has 25 heavy (non-hydrogen) atoms. The van der Waals surface area contributed by atoms with Gasteiger partial charge in [-0.15, -0.1) is 0 Å². The van der Waals surface area contributed by atoms with E-state index in [1.54, 1.807) is 0 Å². The molecule has 0 aromatic carbocycles. The molecular weight excluding hydrogens is 316 g/mol. The largest absolute Gasteiger partial charge is 0.512 e. The van der Waals surface area contributed by atoms with Crippen molar-refractivity contribution in [1.29, 1.82) is 0 Å². The number of allylic oxidation sites excluding steroid dienone is 4.